The van der Waals surface area contributed by atoms with E-state index in [2.05, 4.69) is 10.1 Å². The third kappa shape index (κ3) is 6.69. The van der Waals surface area contributed by atoms with E-state index in [1.165, 1.54) is 6.07 Å². The Bertz CT molecular complexity index is 671. The second-order valence-electron chi connectivity index (χ2n) is 4.97. The Balaban J connectivity index is 2.89. The van der Waals surface area contributed by atoms with Crippen molar-refractivity contribution < 1.29 is 42.3 Å². The zero-order chi connectivity index (χ0) is 19.9. The van der Waals surface area contributed by atoms with Gasteiger partial charge in [-0.15, -0.1) is 0 Å². The van der Waals surface area contributed by atoms with E-state index in [1.54, 1.807) is 0 Å². The Kier molecular flexibility index (Phi) is 8.12. The number of benzene rings is 1. The molecule has 0 aromatic heterocycles. The van der Waals surface area contributed by atoms with Gasteiger partial charge in [-0.1, -0.05) is 17.8 Å². The summed E-state index contributed by atoms with van der Waals surface area (Å²) in [6.07, 6.45) is -0.0140. The number of aldehydes is 1. The average Bonchev–Trinajstić information content (AvgIpc) is 2.58. The van der Waals surface area contributed by atoms with Crippen LogP contribution < -0.4 is 10.8 Å². The highest BCUT2D eigenvalue weighted by atomic mass is 32.2. The Morgan fingerprint density at radius 3 is 2.54 bits per heavy atom. The van der Waals surface area contributed by atoms with E-state index < -0.39 is 36.3 Å². The first-order valence-electron chi connectivity index (χ1n) is 7.13. The third-order valence-electron chi connectivity index (χ3n) is 3.22. The second kappa shape index (κ2) is 9.60. The van der Waals surface area contributed by atoms with E-state index in [9.17, 15) is 27.6 Å². The Hall–Kier alpha value is -2.05. The molecule has 0 aliphatic rings. The maximum absolute atomic E-state index is 12.2. The van der Waals surface area contributed by atoms with E-state index in [1.807, 2.05) is 0 Å². The van der Waals surface area contributed by atoms with Crippen LogP contribution in [0.15, 0.2) is 18.2 Å². The van der Waals surface area contributed by atoms with Gasteiger partial charge in [0.1, 0.15) is 12.3 Å². The van der Waals surface area contributed by atoms with Crippen LogP contribution >= 0.6 is 11.8 Å². The SMILES string of the molecule is COC(=O)[C@H](CCSC(F)(F)F)NC(=O)c1ccc(B(O)O)c(C=O)c1. The Labute approximate surface area is 151 Å². The van der Waals surface area contributed by atoms with Gasteiger partial charge < -0.3 is 20.1 Å². The van der Waals surface area contributed by atoms with Crippen molar-refractivity contribution in [2.45, 2.75) is 18.0 Å². The van der Waals surface area contributed by atoms with Crippen LogP contribution in [0.2, 0.25) is 0 Å². The van der Waals surface area contributed by atoms with Crippen LogP contribution in [0.25, 0.3) is 0 Å². The van der Waals surface area contributed by atoms with Crippen LogP contribution in [0.1, 0.15) is 27.1 Å². The number of methoxy groups -OCH3 is 1. The van der Waals surface area contributed by atoms with Gasteiger partial charge in [0.2, 0.25) is 0 Å². The fourth-order valence-electron chi connectivity index (χ4n) is 1.98. The molecule has 1 rings (SSSR count). The molecule has 1 amide bonds. The maximum Gasteiger partial charge on any atom is 0.489 e. The molecule has 0 radical (unpaired) electrons. The molecule has 1 aromatic carbocycles. The number of carbonyl (C=O) groups is 3. The van der Waals surface area contributed by atoms with Crippen LogP contribution in [-0.2, 0) is 9.53 Å². The fraction of sp³-hybridized carbons (Fsp3) is 0.357. The molecule has 0 fully saturated rings. The summed E-state index contributed by atoms with van der Waals surface area (Å²) in [6, 6.07) is 2.06. The van der Waals surface area contributed by atoms with Crippen molar-refractivity contribution in [3.8, 4) is 0 Å². The minimum Gasteiger partial charge on any atom is -0.467 e. The molecule has 0 aliphatic carbocycles. The molecule has 0 heterocycles. The summed E-state index contributed by atoms with van der Waals surface area (Å²) in [5.41, 5.74) is -4.84. The van der Waals surface area contributed by atoms with Crippen molar-refractivity contribution in [3.05, 3.63) is 29.3 Å². The van der Waals surface area contributed by atoms with Gasteiger partial charge in [-0.2, -0.15) is 13.2 Å². The van der Waals surface area contributed by atoms with Crippen molar-refractivity contribution in [2.24, 2.45) is 0 Å². The summed E-state index contributed by atoms with van der Waals surface area (Å²) < 4.78 is 41.0. The molecular weight excluding hydrogens is 378 g/mol. The van der Waals surface area contributed by atoms with Crippen LogP contribution in [0.4, 0.5) is 13.2 Å². The molecule has 0 aliphatic heterocycles. The summed E-state index contributed by atoms with van der Waals surface area (Å²) >= 11 is -0.337. The fourth-order valence-corrected chi connectivity index (χ4v) is 2.56. The van der Waals surface area contributed by atoms with Gasteiger partial charge in [0, 0.05) is 16.9 Å². The zero-order valence-electron chi connectivity index (χ0n) is 13.4. The van der Waals surface area contributed by atoms with E-state index in [0.717, 1.165) is 19.2 Å². The van der Waals surface area contributed by atoms with E-state index in [-0.39, 0.29) is 34.8 Å². The molecule has 0 saturated carbocycles. The molecule has 0 bridgehead atoms. The smallest absolute Gasteiger partial charge is 0.467 e. The number of carbonyl (C=O) groups excluding carboxylic acids is 3. The topological polar surface area (TPSA) is 113 Å². The first-order valence-corrected chi connectivity index (χ1v) is 8.12. The predicted molar refractivity (Wildman–Crippen MR) is 88.1 cm³/mol. The number of halogens is 3. The van der Waals surface area contributed by atoms with Gasteiger partial charge in [-0.3, -0.25) is 9.59 Å². The van der Waals surface area contributed by atoms with Gasteiger partial charge in [0.25, 0.3) is 5.91 Å². The molecule has 0 saturated heterocycles. The number of nitrogens with one attached hydrogen (secondary N) is 1. The van der Waals surface area contributed by atoms with E-state index in [4.69, 9.17) is 10.0 Å². The van der Waals surface area contributed by atoms with Crippen molar-refractivity contribution in [1.82, 2.24) is 5.32 Å². The van der Waals surface area contributed by atoms with Crippen molar-refractivity contribution >= 4 is 42.5 Å². The summed E-state index contributed by atoms with van der Waals surface area (Å²) in [6.45, 7) is 0. The van der Waals surface area contributed by atoms with Crippen molar-refractivity contribution in [2.75, 3.05) is 12.9 Å². The highest BCUT2D eigenvalue weighted by Gasteiger charge is 2.30. The molecule has 26 heavy (non-hydrogen) atoms. The summed E-state index contributed by atoms with van der Waals surface area (Å²) in [4.78, 5) is 34.8. The Morgan fingerprint density at radius 1 is 1.38 bits per heavy atom. The van der Waals surface area contributed by atoms with Gasteiger partial charge >= 0.3 is 18.6 Å². The van der Waals surface area contributed by atoms with Crippen LogP contribution in [0.3, 0.4) is 0 Å². The van der Waals surface area contributed by atoms with Gasteiger partial charge in [0.15, 0.2) is 0 Å². The van der Waals surface area contributed by atoms with Crippen molar-refractivity contribution in [1.29, 1.82) is 0 Å². The molecule has 0 spiro atoms. The molecule has 1 aromatic rings. The molecule has 0 unspecified atom stereocenters. The number of alkyl halides is 3. The highest BCUT2D eigenvalue weighted by molar-refractivity contribution is 8.00. The number of hydrogen-bond donors (Lipinski definition) is 3. The number of rotatable bonds is 8. The van der Waals surface area contributed by atoms with Gasteiger partial charge in [0.05, 0.1) is 7.11 Å². The molecule has 12 heteroatoms. The monoisotopic (exact) mass is 393 g/mol. The third-order valence-corrected chi connectivity index (χ3v) is 3.98. The van der Waals surface area contributed by atoms with Crippen LogP contribution in [0, 0.1) is 0 Å². The lowest BCUT2D eigenvalue weighted by Gasteiger charge is -2.17. The van der Waals surface area contributed by atoms with E-state index in [0.29, 0.717) is 6.29 Å². The minimum absolute atomic E-state index is 0.0890. The molecule has 7 nitrogen and oxygen atoms in total. The minimum atomic E-state index is -4.47. The normalized spacial score (nSPS) is 12.2. The van der Waals surface area contributed by atoms with Crippen LogP contribution in [-0.4, -0.2) is 59.7 Å². The lowest BCUT2D eigenvalue weighted by atomic mass is 9.77. The van der Waals surface area contributed by atoms with Crippen molar-refractivity contribution in [3.63, 3.8) is 0 Å². The summed E-state index contributed by atoms with van der Waals surface area (Å²) in [7, 11) is -0.894. The Morgan fingerprint density at radius 2 is 2.04 bits per heavy atom. The number of hydrogen-bond acceptors (Lipinski definition) is 7. The quantitative estimate of drug-likeness (QED) is 0.326. The first-order chi connectivity index (χ1) is 12.1. The lowest BCUT2D eigenvalue weighted by molar-refractivity contribution is -0.142. The summed E-state index contributed by atoms with van der Waals surface area (Å²) in [5.74, 6) is -2.22. The molecular formula is C14H15BF3NO6S. The average molecular weight is 393 g/mol. The number of esters is 1. The molecule has 142 valence electrons. The van der Waals surface area contributed by atoms with E-state index >= 15 is 0 Å². The number of amides is 1. The summed E-state index contributed by atoms with van der Waals surface area (Å²) in [5, 5.41) is 20.5. The number of ether oxygens (including phenoxy) is 1. The standard InChI is InChI=1S/C14H15BF3NO6S/c1-25-13(22)11(4-5-26-14(16,17)18)19-12(21)8-2-3-10(15(23)24)9(6-8)7-20/h2-3,6-7,11,23-24H,4-5H2,1H3,(H,19,21)/t11-/m0/s1. The second-order valence-corrected chi connectivity index (χ2v) is 6.13. The number of thioether (sulfide) groups is 1. The molecule has 3 N–H and O–H groups in total. The van der Waals surface area contributed by atoms with Gasteiger partial charge in [-0.25, -0.2) is 4.79 Å². The lowest BCUT2D eigenvalue weighted by Crippen LogP contribution is -2.42. The highest BCUT2D eigenvalue weighted by Crippen LogP contribution is 2.30. The van der Waals surface area contributed by atoms with Crippen LogP contribution in [0.5, 0.6) is 0 Å². The largest absolute Gasteiger partial charge is 0.489 e. The molecule has 1 atom stereocenters. The first kappa shape index (κ1) is 22.0. The predicted octanol–water partition coefficient (Wildman–Crippen LogP) is 0.0934. The zero-order valence-corrected chi connectivity index (χ0v) is 14.3. The van der Waals surface area contributed by atoms with Gasteiger partial charge in [-0.05, 0) is 24.0 Å². The maximum atomic E-state index is 12.2.